The minimum atomic E-state index is -0.632. The first kappa shape index (κ1) is 21.0. The number of nitro benzene ring substituents is 1. The lowest BCUT2D eigenvalue weighted by Gasteiger charge is -2.10. The molecule has 0 radical (unpaired) electrons. The predicted molar refractivity (Wildman–Crippen MR) is 113 cm³/mol. The van der Waals surface area contributed by atoms with Gasteiger partial charge in [0, 0.05) is 18.7 Å². The number of halogens is 1. The molecular weight excluding hydrogens is 454 g/mol. The zero-order chi connectivity index (χ0) is 21.5. The fourth-order valence-electron chi connectivity index (χ4n) is 2.55. The van der Waals surface area contributed by atoms with E-state index in [2.05, 4.69) is 26.6 Å². The smallest absolute Gasteiger partial charge is 0.291 e. The van der Waals surface area contributed by atoms with Crippen molar-refractivity contribution in [2.45, 2.75) is 6.54 Å². The van der Waals surface area contributed by atoms with Crippen molar-refractivity contribution in [1.29, 1.82) is 0 Å². The van der Waals surface area contributed by atoms with Crippen LogP contribution in [-0.4, -0.2) is 16.7 Å². The number of benzene rings is 2. The van der Waals surface area contributed by atoms with Crippen molar-refractivity contribution < 1.29 is 18.9 Å². The molecule has 8 nitrogen and oxygen atoms in total. The Labute approximate surface area is 179 Å². The number of nitrogens with zero attached hydrogens (tertiary/aromatic N) is 1. The van der Waals surface area contributed by atoms with Gasteiger partial charge in [0.25, 0.3) is 17.5 Å². The Hall–Kier alpha value is -3.72. The minimum Gasteiger partial charge on any atom is -0.444 e. The van der Waals surface area contributed by atoms with E-state index in [-0.39, 0.29) is 23.7 Å². The Morgan fingerprint density at radius 2 is 1.83 bits per heavy atom. The molecule has 0 saturated heterocycles. The molecule has 3 aromatic rings. The van der Waals surface area contributed by atoms with Crippen LogP contribution in [0.1, 0.15) is 21.7 Å². The summed E-state index contributed by atoms with van der Waals surface area (Å²) in [4.78, 5) is 35.7. The van der Waals surface area contributed by atoms with Gasteiger partial charge in [0.2, 0.25) is 0 Å². The van der Waals surface area contributed by atoms with Crippen molar-refractivity contribution in [3.8, 4) is 0 Å². The van der Waals surface area contributed by atoms with Crippen LogP contribution >= 0.6 is 15.9 Å². The quantitative estimate of drug-likeness (QED) is 0.307. The van der Waals surface area contributed by atoms with E-state index in [1.807, 2.05) is 30.3 Å². The van der Waals surface area contributed by atoms with Crippen LogP contribution in [0.15, 0.2) is 81.5 Å². The van der Waals surface area contributed by atoms with Gasteiger partial charge in [0.1, 0.15) is 5.70 Å². The number of hydrogen-bond acceptors (Lipinski definition) is 5. The molecule has 30 heavy (non-hydrogen) atoms. The second-order valence-electron chi connectivity index (χ2n) is 6.14. The summed E-state index contributed by atoms with van der Waals surface area (Å²) in [5.74, 6) is -1.18. The van der Waals surface area contributed by atoms with Crippen LogP contribution in [-0.2, 0) is 11.3 Å². The molecule has 0 atom stereocenters. The third-order valence-corrected chi connectivity index (χ3v) is 4.40. The fraction of sp³-hybridized carbons (Fsp3) is 0.0476. The highest BCUT2D eigenvalue weighted by atomic mass is 79.9. The number of non-ortho nitro benzene ring substituents is 1. The monoisotopic (exact) mass is 469 g/mol. The van der Waals surface area contributed by atoms with E-state index < -0.39 is 16.7 Å². The number of furan rings is 1. The summed E-state index contributed by atoms with van der Waals surface area (Å²) in [6, 6.07) is 18.0. The highest BCUT2D eigenvalue weighted by Gasteiger charge is 2.17. The number of hydrogen-bond donors (Lipinski definition) is 2. The van der Waals surface area contributed by atoms with E-state index >= 15 is 0 Å². The normalized spacial score (nSPS) is 11.0. The second kappa shape index (κ2) is 9.66. The largest absolute Gasteiger partial charge is 0.444 e. The predicted octanol–water partition coefficient (Wildman–Crippen LogP) is 4.04. The summed E-state index contributed by atoms with van der Waals surface area (Å²) in [7, 11) is 0. The van der Waals surface area contributed by atoms with Crippen LogP contribution < -0.4 is 10.6 Å². The number of nitrogens with one attached hydrogen (secondary N) is 2. The van der Waals surface area contributed by atoms with E-state index in [0.717, 1.165) is 5.56 Å². The van der Waals surface area contributed by atoms with E-state index in [0.29, 0.717) is 10.2 Å². The molecule has 0 aliphatic heterocycles. The van der Waals surface area contributed by atoms with Crippen molar-refractivity contribution in [2.24, 2.45) is 0 Å². The summed E-state index contributed by atoms with van der Waals surface area (Å²) >= 11 is 3.12. The van der Waals surface area contributed by atoms with Crippen molar-refractivity contribution in [3.63, 3.8) is 0 Å². The molecule has 3 rings (SSSR count). The van der Waals surface area contributed by atoms with Gasteiger partial charge in [-0.2, -0.15) is 0 Å². The summed E-state index contributed by atoms with van der Waals surface area (Å²) in [6.07, 6.45) is 1.36. The molecule has 0 aliphatic carbocycles. The molecule has 0 fully saturated rings. The lowest BCUT2D eigenvalue weighted by atomic mass is 10.1. The van der Waals surface area contributed by atoms with E-state index in [1.54, 1.807) is 12.1 Å². The van der Waals surface area contributed by atoms with Crippen LogP contribution in [0.25, 0.3) is 6.08 Å². The number of carbonyl (C=O) groups is 2. The molecule has 9 heteroatoms. The first-order chi connectivity index (χ1) is 14.4. The second-order valence-corrected chi connectivity index (χ2v) is 6.92. The maximum absolute atomic E-state index is 12.7. The minimum absolute atomic E-state index is 0.00248. The lowest BCUT2D eigenvalue weighted by Crippen LogP contribution is -2.34. The van der Waals surface area contributed by atoms with Crippen molar-refractivity contribution in [1.82, 2.24) is 10.6 Å². The molecule has 1 heterocycles. The average Bonchev–Trinajstić information content (AvgIpc) is 3.19. The zero-order valence-corrected chi connectivity index (χ0v) is 17.1. The Morgan fingerprint density at radius 3 is 2.50 bits per heavy atom. The molecular formula is C21H16BrN3O5. The number of rotatable bonds is 7. The molecule has 2 N–H and O–H groups in total. The molecule has 0 saturated carbocycles. The van der Waals surface area contributed by atoms with E-state index in [4.69, 9.17) is 4.42 Å². The summed E-state index contributed by atoms with van der Waals surface area (Å²) in [5.41, 5.74) is 1.05. The molecule has 2 amide bonds. The van der Waals surface area contributed by atoms with Crippen LogP contribution in [0, 0.1) is 10.1 Å². The van der Waals surface area contributed by atoms with Gasteiger partial charge >= 0.3 is 0 Å². The Kier molecular flexibility index (Phi) is 6.76. The van der Waals surface area contributed by atoms with Gasteiger partial charge in [-0.1, -0.05) is 42.5 Å². The molecule has 2 aromatic carbocycles. The highest BCUT2D eigenvalue weighted by Crippen LogP contribution is 2.17. The Bertz CT molecular complexity index is 1110. The molecule has 0 bridgehead atoms. The number of nitro groups is 1. The number of carbonyl (C=O) groups excluding carboxylic acids is 2. The van der Waals surface area contributed by atoms with Gasteiger partial charge in [0.05, 0.1) is 4.92 Å². The summed E-state index contributed by atoms with van der Waals surface area (Å²) in [6.45, 7) is 0.244. The van der Waals surface area contributed by atoms with Gasteiger partial charge in [-0.05, 0) is 45.3 Å². The van der Waals surface area contributed by atoms with Crippen molar-refractivity contribution in [3.05, 3.63) is 104 Å². The third-order valence-electron chi connectivity index (χ3n) is 3.98. The third kappa shape index (κ3) is 5.65. The van der Waals surface area contributed by atoms with Gasteiger partial charge in [-0.25, -0.2) is 0 Å². The van der Waals surface area contributed by atoms with Crippen LogP contribution in [0.4, 0.5) is 5.69 Å². The Morgan fingerprint density at radius 1 is 1.07 bits per heavy atom. The Balaban J connectivity index is 1.85. The standard InChI is InChI=1S/C21H16BrN3O5/c22-19-10-9-18(30-19)21(27)24-17(12-15-7-4-8-16(11-15)25(28)29)20(26)23-13-14-5-2-1-3-6-14/h1-12H,13H2,(H,23,26)(H,24,27)/b17-12+. The maximum atomic E-state index is 12.7. The van der Waals surface area contributed by atoms with Crippen LogP contribution in [0.3, 0.4) is 0 Å². The van der Waals surface area contributed by atoms with Crippen LogP contribution in [0.2, 0.25) is 0 Å². The number of amides is 2. The van der Waals surface area contributed by atoms with Gasteiger partial charge in [0.15, 0.2) is 10.4 Å². The molecule has 152 valence electrons. The lowest BCUT2D eigenvalue weighted by molar-refractivity contribution is -0.384. The van der Waals surface area contributed by atoms with Gasteiger partial charge < -0.3 is 15.1 Å². The molecule has 1 aromatic heterocycles. The van der Waals surface area contributed by atoms with E-state index in [9.17, 15) is 19.7 Å². The fourth-order valence-corrected chi connectivity index (χ4v) is 2.85. The SMILES string of the molecule is O=C(NCc1ccccc1)/C(=C\c1cccc([N+](=O)[O-])c1)NC(=O)c1ccc(Br)o1. The van der Waals surface area contributed by atoms with Gasteiger partial charge in [-0.3, -0.25) is 19.7 Å². The molecule has 0 unspecified atom stereocenters. The first-order valence-corrected chi connectivity index (χ1v) is 9.56. The average molecular weight is 470 g/mol. The summed E-state index contributed by atoms with van der Waals surface area (Å²) in [5, 5.41) is 16.2. The molecule has 0 spiro atoms. The van der Waals surface area contributed by atoms with Crippen molar-refractivity contribution in [2.75, 3.05) is 0 Å². The first-order valence-electron chi connectivity index (χ1n) is 8.77. The maximum Gasteiger partial charge on any atom is 0.291 e. The topological polar surface area (TPSA) is 114 Å². The molecule has 0 aliphatic rings. The summed E-state index contributed by atoms with van der Waals surface area (Å²) < 4.78 is 5.58. The van der Waals surface area contributed by atoms with E-state index in [1.165, 1.54) is 30.3 Å². The van der Waals surface area contributed by atoms with Crippen molar-refractivity contribution >= 4 is 39.5 Å². The highest BCUT2D eigenvalue weighted by molar-refractivity contribution is 9.10. The zero-order valence-electron chi connectivity index (χ0n) is 15.5. The van der Waals surface area contributed by atoms with Gasteiger partial charge in [-0.15, -0.1) is 0 Å². The van der Waals surface area contributed by atoms with Crippen LogP contribution in [0.5, 0.6) is 0 Å².